The monoisotopic (exact) mass is 159 g/mol. The van der Waals surface area contributed by atoms with E-state index in [-0.39, 0.29) is 18.4 Å². The third kappa shape index (κ3) is 4.15. The molecule has 0 aliphatic heterocycles. The minimum Gasteiger partial charge on any atom is -0.369 e. The summed E-state index contributed by atoms with van der Waals surface area (Å²) in [7, 11) is 3.29. The highest BCUT2D eigenvalue weighted by atomic mass is 16.2. The molecule has 0 saturated carbocycles. The second-order valence-corrected chi connectivity index (χ2v) is 2.13. The Kier molecular flexibility index (Phi) is 3.97. The fourth-order valence-corrected chi connectivity index (χ4v) is 0.340. The van der Waals surface area contributed by atoms with Gasteiger partial charge in [0.2, 0.25) is 11.9 Å². The molecule has 0 radical (unpaired) electrons. The van der Waals surface area contributed by atoms with E-state index in [1.807, 2.05) is 0 Å². The van der Waals surface area contributed by atoms with Crippen molar-refractivity contribution in [3.8, 4) is 0 Å². The standard InChI is InChI=1S/C5H13N5O/c1-10(2)4(11)3-8-5(6)9-7/h3,7H2,1-2H3,(H3,6,8,9). The number of aliphatic imine (C=N–C) groups is 1. The summed E-state index contributed by atoms with van der Waals surface area (Å²) in [5.41, 5.74) is 7.28. The lowest BCUT2D eigenvalue weighted by molar-refractivity contribution is -0.127. The molecule has 0 heterocycles. The molecule has 0 atom stereocenters. The Labute approximate surface area is 65.2 Å². The van der Waals surface area contributed by atoms with Crippen molar-refractivity contribution in [3.05, 3.63) is 0 Å². The number of amides is 1. The van der Waals surface area contributed by atoms with Crippen LogP contribution in [0.15, 0.2) is 4.99 Å². The Balaban J connectivity index is 3.78. The van der Waals surface area contributed by atoms with E-state index in [1.165, 1.54) is 4.90 Å². The summed E-state index contributed by atoms with van der Waals surface area (Å²) in [6.07, 6.45) is 0. The van der Waals surface area contributed by atoms with Gasteiger partial charge in [0.15, 0.2) is 0 Å². The van der Waals surface area contributed by atoms with Gasteiger partial charge in [-0.25, -0.2) is 10.8 Å². The number of carbonyl (C=O) groups excluding carboxylic acids is 1. The van der Waals surface area contributed by atoms with E-state index in [9.17, 15) is 4.79 Å². The van der Waals surface area contributed by atoms with E-state index in [1.54, 1.807) is 14.1 Å². The molecule has 0 bridgehead atoms. The summed E-state index contributed by atoms with van der Waals surface area (Å²) in [6, 6.07) is 0. The molecule has 0 spiro atoms. The molecule has 0 aromatic carbocycles. The summed E-state index contributed by atoms with van der Waals surface area (Å²) in [5, 5.41) is 0. The van der Waals surface area contributed by atoms with Crippen LogP contribution in [0.3, 0.4) is 0 Å². The molecule has 0 aliphatic carbocycles. The van der Waals surface area contributed by atoms with Crippen molar-refractivity contribution in [1.82, 2.24) is 10.3 Å². The van der Waals surface area contributed by atoms with Crippen molar-refractivity contribution in [2.24, 2.45) is 16.6 Å². The maximum Gasteiger partial charge on any atom is 0.243 e. The molecule has 64 valence electrons. The fraction of sp³-hybridized carbons (Fsp3) is 0.600. The first-order valence-electron chi connectivity index (χ1n) is 3.04. The van der Waals surface area contributed by atoms with Gasteiger partial charge in [-0.15, -0.1) is 0 Å². The number of nitrogens with zero attached hydrogens (tertiary/aromatic N) is 2. The largest absolute Gasteiger partial charge is 0.369 e. The molecule has 0 saturated heterocycles. The number of rotatable bonds is 2. The molecule has 0 aliphatic rings. The van der Waals surface area contributed by atoms with Crippen molar-refractivity contribution in [3.63, 3.8) is 0 Å². The Hall–Kier alpha value is -1.30. The lowest BCUT2D eigenvalue weighted by atomic mass is 10.5. The Morgan fingerprint density at radius 2 is 2.18 bits per heavy atom. The molecule has 1 amide bonds. The molecule has 0 unspecified atom stereocenters. The fourth-order valence-electron chi connectivity index (χ4n) is 0.340. The van der Waals surface area contributed by atoms with Gasteiger partial charge in [0.1, 0.15) is 6.54 Å². The Morgan fingerprint density at radius 3 is 2.55 bits per heavy atom. The molecule has 0 fully saturated rings. The summed E-state index contributed by atoms with van der Waals surface area (Å²) in [5.74, 6) is 4.84. The third-order valence-corrected chi connectivity index (χ3v) is 1.03. The van der Waals surface area contributed by atoms with E-state index in [4.69, 9.17) is 11.6 Å². The maximum absolute atomic E-state index is 10.9. The lowest BCUT2D eigenvalue weighted by Gasteiger charge is -2.07. The van der Waals surface area contributed by atoms with Crippen molar-refractivity contribution in [2.75, 3.05) is 20.6 Å². The van der Waals surface area contributed by atoms with Crippen LogP contribution >= 0.6 is 0 Å². The van der Waals surface area contributed by atoms with Gasteiger partial charge in [0.25, 0.3) is 0 Å². The van der Waals surface area contributed by atoms with E-state index >= 15 is 0 Å². The van der Waals surface area contributed by atoms with Gasteiger partial charge >= 0.3 is 0 Å². The van der Waals surface area contributed by atoms with Crippen LogP contribution in [0.25, 0.3) is 0 Å². The van der Waals surface area contributed by atoms with Crippen LogP contribution in [0, 0.1) is 0 Å². The van der Waals surface area contributed by atoms with Crippen molar-refractivity contribution in [2.45, 2.75) is 0 Å². The minimum atomic E-state index is -0.122. The van der Waals surface area contributed by atoms with Gasteiger partial charge in [0, 0.05) is 14.1 Å². The van der Waals surface area contributed by atoms with E-state index in [0.717, 1.165) is 0 Å². The van der Waals surface area contributed by atoms with Crippen molar-refractivity contribution < 1.29 is 4.79 Å². The second kappa shape index (κ2) is 4.51. The zero-order chi connectivity index (χ0) is 8.85. The number of hydrogen-bond donors (Lipinski definition) is 3. The number of likely N-dealkylation sites (N-methyl/N-ethyl adjacent to an activating group) is 1. The predicted octanol–water partition coefficient (Wildman–Crippen LogP) is -2.15. The van der Waals surface area contributed by atoms with Crippen LogP contribution in [0.4, 0.5) is 0 Å². The quantitative estimate of drug-likeness (QED) is 0.185. The molecule has 11 heavy (non-hydrogen) atoms. The highest BCUT2D eigenvalue weighted by Gasteiger charge is 2.00. The molecular weight excluding hydrogens is 146 g/mol. The zero-order valence-corrected chi connectivity index (χ0v) is 6.66. The predicted molar refractivity (Wildman–Crippen MR) is 42.5 cm³/mol. The van der Waals surface area contributed by atoms with Gasteiger partial charge < -0.3 is 10.6 Å². The summed E-state index contributed by atoms with van der Waals surface area (Å²) in [4.78, 5) is 15.9. The van der Waals surface area contributed by atoms with Crippen LogP contribution in [0.5, 0.6) is 0 Å². The minimum absolute atomic E-state index is 0.0169. The smallest absolute Gasteiger partial charge is 0.243 e. The molecule has 6 nitrogen and oxygen atoms in total. The van der Waals surface area contributed by atoms with Gasteiger partial charge in [0.05, 0.1) is 0 Å². The first-order chi connectivity index (χ1) is 5.07. The highest BCUT2D eigenvalue weighted by Crippen LogP contribution is 1.78. The van der Waals surface area contributed by atoms with Crippen LogP contribution in [0.2, 0.25) is 0 Å². The van der Waals surface area contributed by atoms with Gasteiger partial charge in [-0.1, -0.05) is 0 Å². The molecular formula is C5H13N5O. The number of nitrogens with one attached hydrogen (secondary N) is 1. The van der Waals surface area contributed by atoms with Gasteiger partial charge in [-0.05, 0) is 0 Å². The van der Waals surface area contributed by atoms with E-state index < -0.39 is 0 Å². The van der Waals surface area contributed by atoms with E-state index in [0.29, 0.717) is 0 Å². The summed E-state index contributed by atoms with van der Waals surface area (Å²) >= 11 is 0. The maximum atomic E-state index is 10.9. The topological polar surface area (TPSA) is 96.7 Å². The van der Waals surface area contributed by atoms with Crippen molar-refractivity contribution >= 4 is 11.9 Å². The third-order valence-electron chi connectivity index (χ3n) is 1.03. The van der Waals surface area contributed by atoms with Crippen LogP contribution < -0.4 is 17.0 Å². The number of nitrogens with two attached hydrogens (primary N) is 2. The number of carbonyl (C=O) groups is 1. The number of guanidine groups is 1. The first-order valence-corrected chi connectivity index (χ1v) is 3.04. The summed E-state index contributed by atoms with van der Waals surface area (Å²) in [6.45, 7) is 0.0169. The molecule has 5 N–H and O–H groups in total. The Bertz CT molecular complexity index is 164. The SMILES string of the molecule is CN(C)C(=O)CN=C(N)NN. The average Bonchev–Trinajstić information content (AvgIpc) is 1.99. The molecule has 0 aromatic heterocycles. The molecule has 0 rings (SSSR count). The average molecular weight is 159 g/mol. The second-order valence-electron chi connectivity index (χ2n) is 2.13. The molecule has 0 aromatic rings. The van der Waals surface area contributed by atoms with Gasteiger partial charge in [-0.2, -0.15) is 0 Å². The highest BCUT2D eigenvalue weighted by molar-refractivity contribution is 5.83. The Morgan fingerprint density at radius 1 is 1.64 bits per heavy atom. The first kappa shape index (κ1) is 9.70. The van der Waals surface area contributed by atoms with Gasteiger partial charge in [-0.3, -0.25) is 10.2 Å². The van der Waals surface area contributed by atoms with E-state index in [2.05, 4.69) is 10.4 Å². The lowest BCUT2D eigenvalue weighted by Crippen LogP contribution is -2.38. The van der Waals surface area contributed by atoms with Crippen LogP contribution in [-0.4, -0.2) is 37.4 Å². The van der Waals surface area contributed by atoms with Crippen LogP contribution in [-0.2, 0) is 4.79 Å². The van der Waals surface area contributed by atoms with Crippen LogP contribution in [0.1, 0.15) is 0 Å². The van der Waals surface area contributed by atoms with Crippen molar-refractivity contribution in [1.29, 1.82) is 0 Å². The number of hydrazine groups is 1. The summed E-state index contributed by atoms with van der Waals surface area (Å²) < 4.78 is 0. The number of hydrogen-bond acceptors (Lipinski definition) is 3. The molecule has 6 heteroatoms. The zero-order valence-electron chi connectivity index (χ0n) is 6.66. The normalized spacial score (nSPS) is 11.0.